The molecular weight excluding hydrogens is 368 g/mol. The zero-order valence-corrected chi connectivity index (χ0v) is 9.73. The third kappa shape index (κ3) is 3.61. The first-order chi connectivity index (χ1) is 4.54. The summed E-state index contributed by atoms with van der Waals surface area (Å²) in [5.74, 6) is -2.68. The van der Waals surface area contributed by atoms with E-state index in [0.717, 1.165) is 0 Å². The Morgan fingerprint density at radius 3 is 2.40 bits per heavy atom. The van der Waals surface area contributed by atoms with Crippen molar-refractivity contribution in [1.82, 2.24) is 0 Å². The summed E-state index contributed by atoms with van der Waals surface area (Å²) >= 11 is 3.42. The summed E-state index contributed by atoms with van der Waals surface area (Å²) in [6.45, 7) is 1.37. The minimum absolute atomic E-state index is 0.113. The van der Waals surface area contributed by atoms with Gasteiger partial charge < -0.3 is 3.07 Å². The van der Waals surface area contributed by atoms with Crippen molar-refractivity contribution < 1.29 is 11.8 Å². The highest BCUT2D eigenvalue weighted by molar-refractivity contribution is 14.1. The molecule has 1 unspecified atom stereocenters. The first kappa shape index (κ1) is 11.3. The Morgan fingerprint density at radius 1 is 1.60 bits per heavy atom. The fourth-order valence-corrected chi connectivity index (χ4v) is 1.49. The molecule has 0 aromatic rings. The third-order valence-electron chi connectivity index (χ3n) is 1.16. The Balaban J connectivity index is 3.82. The molecule has 10 heavy (non-hydrogen) atoms. The average molecular weight is 376 g/mol. The predicted molar refractivity (Wildman–Crippen MR) is 53.0 cm³/mol. The Labute approximate surface area is 86.7 Å². The summed E-state index contributed by atoms with van der Waals surface area (Å²) in [4.78, 5) is 0. The number of hydrogen-bond acceptors (Lipinski definition) is 1. The molecule has 0 bridgehead atoms. The Kier molecular flexibility index (Phi) is 5.66. The van der Waals surface area contributed by atoms with E-state index in [0.29, 0.717) is 4.43 Å². The fraction of sp³-hybridized carbons (Fsp3) is 1.00. The van der Waals surface area contributed by atoms with Gasteiger partial charge in [-0.3, -0.25) is 0 Å². The van der Waals surface area contributed by atoms with Gasteiger partial charge in [0.2, 0.25) is 0 Å². The van der Waals surface area contributed by atoms with Gasteiger partial charge in [-0.2, -0.15) is 0 Å². The van der Waals surface area contributed by atoms with Crippen LogP contribution in [-0.4, -0.2) is 16.5 Å². The molecule has 62 valence electrons. The maximum absolute atomic E-state index is 12.7. The third-order valence-corrected chi connectivity index (χ3v) is 2.46. The molecule has 0 fully saturated rings. The Morgan fingerprint density at radius 2 is 2.10 bits per heavy atom. The summed E-state index contributed by atoms with van der Waals surface area (Å²) in [5, 5.41) is 0. The highest BCUT2D eigenvalue weighted by atomic mass is 127. The second kappa shape index (κ2) is 5.02. The maximum Gasteiger partial charge on any atom is 0.275 e. The van der Waals surface area contributed by atoms with Crippen LogP contribution in [0, 0.1) is 0 Å². The van der Waals surface area contributed by atoms with Crippen molar-refractivity contribution in [3.8, 4) is 0 Å². The molecule has 0 aromatic heterocycles. The average Bonchev–Trinajstić information content (AvgIpc) is 1.86. The molecule has 0 aliphatic heterocycles. The van der Waals surface area contributed by atoms with E-state index in [1.54, 1.807) is 0 Å². The molecule has 0 aliphatic rings. The summed E-state index contributed by atoms with van der Waals surface area (Å²) in [5.41, 5.74) is 0. The Hall–Kier alpha value is 1.28. The maximum atomic E-state index is 12.7. The number of rotatable bonds is 4. The standard InChI is InChI=1S/C5H8F2I2O/c1-4(10-9)5(6,7)2-3-8/h4H,2-3H2,1H3. The van der Waals surface area contributed by atoms with Crippen molar-refractivity contribution in [1.29, 1.82) is 0 Å². The topological polar surface area (TPSA) is 9.23 Å². The van der Waals surface area contributed by atoms with Crippen LogP contribution >= 0.6 is 45.6 Å². The van der Waals surface area contributed by atoms with Crippen LogP contribution in [0.2, 0.25) is 0 Å². The molecular formula is C5H8F2I2O. The molecule has 5 heteroatoms. The Bertz CT molecular complexity index is 99.6. The number of hydrogen-bond donors (Lipinski definition) is 0. The minimum atomic E-state index is -2.68. The van der Waals surface area contributed by atoms with Gasteiger partial charge >= 0.3 is 0 Å². The second-order valence-electron chi connectivity index (χ2n) is 1.93. The fourth-order valence-electron chi connectivity index (χ4n) is 0.394. The number of halogens is 4. The van der Waals surface area contributed by atoms with Crippen molar-refractivity contribution in [3.63, 3.8) is 0 Å². The molecule has 0 saturated heterocycles. The molecule has 0 spiro atoms. The van der Waals surface area contributed by atoms with E-state index >= 15 is 0 Å². The van der Waals surface area contributed by atoms with Crippen LogP contribution in [0.4, 0.5) is 8.78 Å². The minimum Gasteiger partial charge on any atom is -0.306 e. The van der Waals surface area contributed by atoms with E-state index < -0.39 is 12.0 Å². The van der Waals surface area contributed by atoms with Crippen LogP contribution in [0.15, 0.2) is 0 Å². The predicted octanol–water partition coefficient (Wildman–Crippen LogP) is 3.20. The van der Waals surface area contributed by atoms with Crippen molar-refractivity contribution in [3.05, 3.63) is 0 Å². The largest absolute Gasteiger partial charge is 0.306 e. The highest BCUT2D eigenvalue weighted by Gasteiger charge is 2.36. The van der Waals surface area contributed by atoms with Gasteiger partial charge in [-0.05, 0) is 6.92 Å². The molecule has 0 radical (unpaired) electrons. The SMILES string of the molecule is CC(OI)C(F)(F)CCI. The van der Waals surface area contributed by atoms with E-state index in [2.05, 4.69) is 3.07 Å². The van der Waals surface area contributed by atoms with Crippen LogP contribution < -0.4 is 0 Å². The molecule has 0 saturated carbocycles. The monoisotopic (exact) mass is 376 g/mol. The van der Waals surface area contributed by atoms with Crippen LogP contribution in [-0.2, 0) is 3.07 Å². The van der Waals surface area contributed by atoms with Crippen molar-refractivity contribution in [2.45, 2.75) is 25.4 Å². The van der Waals surface area contributed by atoms with Gasteiger partial charge in [-0.15, -0.1) is 0 Å². The molecule has 0 aliphatic carbocycles. The first-order valence-electron chi connectivity index (χ1n) is 2.75. The van der Waals surface area contributed by atoms with E-state index in [4.69, 9.17) is 0 Å². The van der Waals surface area contributed by atoms with Crippen molar-refractivity contribution in [2.75, 3.05) is 4.43 Å². The lowest BCUT2D eigenvalue weighted by atomic mass is 10.2. The first-order valence-corrected chi connectivity index (χ1v) is 5.16. The summed E-state index contributed by atoms with van der Waals surface area (Å²) < 4.78 is 30.3. The van der Waals surface area contributed by atoms with E-state index in [9.17, 15) is 8.78 Å². The lowest BCUT2D eigenvalue weighted by Gasteiger charge is -2.19. The molecule has 0 aromatic carbocycles. The molecule has 0 amide bonds. The zero-order valence-electron chi connectivity index (χ0n) is 5.41. The van der Waals surface area contributed by atoms with Gasteiger partial charge in [-0.25, -0.2) is 8.78 Å². The van der Waals surface area contributed by atoms with Gasteiger partial charge in [-0.1, -0.05) is 22.6 Å². The smallest absolute Gasteiger partial charge is 0.275 e. The van der Waals surface area contributed by atoms with E-state index in [1.165, 1.54) is 29.9 Å². The number of alkyl halides is 3. The van der Waals surface area contributed by atoms with Crippen LogP contribution in [0.25, 0.3) is 0 Å². The van der Waals surface area contributed by atoms with Gasteiger partial charge in [0, 0.05) is 10.8 Å². The molecule has 0 rings (SSSR count). The lowest BCUT2D eigenvalue weighted by Crippen LogP contribution is -2.31. The highest BCUT2D eigenvalue weighted by Crippen LogP contribution is 2.27. The van der Waals surface area contributed by atoms with Crippen molar-refractivity contribution >= 4 is 45.6 Å². The van der Waals surface area contributed by atoms with Crippen LogP contribution in [0.5, 0.6) is 0 Å². The normalized spacial score (nSPS) is 15.3. The lowest BCUT2D eigenvalue weighted by molar-refractivity contribution is -0.0746. The quantitative estimate of drug-likeness (QED) is 0.541. The van der Waals surface area contributed by atoms with E-state index in [1.807, 2.05) is 22.6 Å². The summed E-state index contributed by atoms with van der Waals surface area (Å²) in [7, 11) is 0. The van der Waals surface area contributed by atoms with Gasteiger partial charge in [0.1, 0.15) is 29.1 Å². The van der Waals surface area contributed by atoms with E-state index in [-0.39, 0.29) is 6.42 Å². The van der Waals surface area contributed by atoms with Crippen LogP contribution in [0.1, 0.15) is 13.3 Å². The summed E-state index contributed by atoms with van der Waals surface area (Å²) in [6, 6.07) is 0. The zero-order chi connectivity index (χ0) is 8.20. The van der Waals surface area contributed by atoms with Gasteiger partial charge in [0.05, 0.1) is 0 Å². The second-order valence-corrected chi connectivity index (χ2v) is 3.52. The van der Waals surface area contributed by atoms with Crippen molar-refractivity contribution in [2.24, 2.45) is 0 Å². The van der Waals surface area contributed by atoms with Crippen LogP contribution in [0.3, 0.4) is 0 Å². The molecule has 1 nitrogen and oxygen atoms in total. The molecule has 0 N–H and O–H groups in total. The van der Waals surface area contributed by atoms with Gasteiger partial charge in [0.15, 0.2) is 0 Å². The molecule has 0 heterocycles. The molecule has 1 atom stereocenters. The van der Waals surface area contributed by atoms with Gasteiger partial charge in [0.25, 0.3) is 5.92 Å². The summed E-state index contributed by atoms with van der Waals surface area (Å²) in [6.07, 6.45) is -1.10.